The number of benzene rings is 6. The summed E-state index contributed by atoms with van der Waals surface area (Å²) < 4.78 is 27.9. The van der Waals surface area contributed by atoms with E-state index < -0.39 is 12.2 Å². The molecule has 0 radical (unpaired) electrons. The fourth-order valence-corrected chi connectivity index (χ4v) is 11.9. The average molecular weight is 791 g/mol. The van der Waals surface area contributed by atoms with Gasteiger partial charge in [-0.3, -0.25) is 0 Å². The van der Waals surface area contributed by atoms with Crippen molar-refractivity contribution in [2.45, 2.75) is 31.8 Å². The monoisotopic (exact) mass is 790 g/mol. The van der Waals surface area contributed by atoms with Crippen LogP contribution in [0.2, 0.25) is 0 Å². The van der Waals surface area contributed by atoms with Crippen molar-refractivity contribution in [3.63, 3.8) is 0 Å². The Morgan fingerprint density at radius 2 is 1.39 bits per heavy atom. The second kappa shape index (κ2) is 13.2. The molecule has 0 saturated heterocycles. The summed E-state index contributed by atoms with van der Waals surface area (Å²) in [6, 6.07) is 47.6. The molecule has 0 bridgehead atoms. The number of ether oxygens (including phenoxy) is 2. The molecule has 6 heterocycles. The lowest BCUT2D eigenvalue weighted by Gasteiger charge is -2.35. The van der Waals surface area contributed by atoms with Crippen LogP contribution in [0.1, 0.15) is 23.2 Å². The van der Waals surface area contributed by atoms with Crippen LogP contribution in [0.15, 0.2) is 204 Å². The zero-order valence-corrected chi connectivity index (χ0v) is 32.6. The number of hydrogen-bond acceptors (Lipinski definition) is 7. The molecule has 0 fully saturated rings. The van der Waals surface area contributed by atoms with E-state index in [9.17, 15) is 0 Å². The Labute approximate surface area is 340 Å². The number of hydrogen-bond donors (Lipinski definition) is 0. The predicted octanol–water partition coefficient (Wildman–Crippen LogP) is 14.7. The maximum Gasteiger partial charge on any atom is 0.183 e. The first-order valence-corrected chi connectivity index (χ1v) is 21.3. The van der Waals surface area contributed by atoms with Gasteiger partial charge in [0.2, 0.25) is 0 Å². The average Bonchev–Trinajstić information content (AvgIpc) is 4.05. The Hall–Kier alpha value is -6.12. The van der Waals surface area contributed by atoms with Crippen molar-refractivity contribution < 1.29 is 18.3 Å². The molecule has 4 nitrogen and oxygen atoms in total. The van der Waals surface area contributed by atoms with Crippen molar-refractivity contribution >= 4 is 72.1 Å². The molecular weight excluding hydrogens is 761 g/mol. The van der Waals surface area contributed by atoms with Gasteiger partial charge in [-0.2, -0.15) is 0 Å². The van der Waals surface area contributed by atoms with E-state index in [0.29, 0.717) is 0 Å². The quantitative estimate of drug-likeness (QED) is 0.173. The summed E-state index contributed by atoms with van der Waals surface area (Å²) in [5, 5.41) is 5.70. The van der Waals surface area contributed by atoms with Crippen LogP contribution in [-0.4, -0.2) is 6.10 Å². The molecule has 7 heteroatoms. The van der Waals surface area contributed by atoms with Gasteiger partial charge in [0.1, 0.15) is 17.6 Å². The summed E-state index contributed by atoms with van der Waals surface area (Å²) >= 11 is 5.49. The van der Waals surface area contributed by atoms with E-state index in [1.54, 1.807) is 12.5 Å². The van der Waals surface area contributed by atoms with Crippen molar-refractivity contribution in [3.05, 3.63) is 193 Å². The van der Waals surface area contributed by atoms with Crippen LogP contribution in [0.3, 0.4) is 0 Å². The minimum atomic E-state index is -0.601. The molecule has 2 atom stereocenters. The Kier molecular flexibility index (Phi) is 7.68. The number of rotatable bonds is 5. The third-order valence-corrected chi connectivity index (χ3v) is 14.7. The van der Waals surface area contributed by atoms with E-state index in [4.69, 9.17) is 18.3 Å². The lowest BCUT2D eigenvalue weighted by atomic mass is 9.81. The summed E-state index contributed by atoms with van der Waals surface area (Å²) in [6.45, 7) is 0. The molecule has 0 spiro atoms. The highest BCUT2D eigenvalue weighted by Gasteiger charge is 2.41. The predicted molar refractivity (Wildman–Crippen MR) is 232 cm³/mol. The molecule has 0 aliphatic carbocycles. The smallest absolute Gasteiger partial charge is 0.183 e. The highest BCUT2D eigenvalue weighted by Crippen LogP contribution is 2.58. The van der Waals surface area contributed by atoms with Gasteiger partial charge in [0, 0.05) is 67.8 Å². The van der Waals surface area contributed by atoms with E-state index >= 15 is 0 Å². The van der Waals surface area contributed by atoms with Gasteiger partial charge in [-0.1, -0.05) is 102 Å². The second-order valence-corrected chi connectivity index (χ2v) is 17.5. The standard InChI is InChI=1S/C50H30O4S3/c1-2-12-30-26-42-32(25-29(30)11-1)27-43(56-42)34-21-22-38-46(44(34)35-15-9-20-41-50(35)57-40-19-6-5-18-39(40)55-41)45(36-17-10-24-52-36)47(37-16-7-8-23-51-37)49(54-38)48-33-14-4-3-13-31(33)28-53-48/h1-28,37,49H. The molecule has 3 aliphatic heterocycles. The summed E-state index contributed by atoms with van der Waals surface area (Å²) in [7, 11) is 0. The number of allylic oxidation sites excluding steroid dienone is 2. The third kappa shape index (κ3) is 5.37. The molecule has 57 heavy (non-hydrogen) atoms. The van der Waals surface area contributed by atoms with Crippen molar-refractivity contribution in [1.82, 2.24) is 0 Å². The lowest BCUT2D eigenvalue weighted by Crippen LogP contribution is -2.27. The minimum Gasteiger partial charge on any atom is -0.489 e. The Bertz CT molecular complexity index is 3110. The minimum absolute atomic E-state index is 0.452. The Morgan fingerprint density at radius 1 is 0.579 bits per heavy atom. The van der Waals surface area contributed by atoms with Crippen LogP contribution in [0.25, 0.3) is 58.8 Å². The molecule has 6 aromatic carbocycles. The van der Waals surface area contributed by atoms with Crippen LogP contribution >= 0.6 is 34.9 Å². The highest BCUT2D eigenvalue weighted by molar-refractivity contribution is 8.05. The van der Waals surface area contributed by atoms with E-state index in [2.05, 4.69) is 115 Å². The highest BCUT2D eigenvalue weighted by atomic mass is 32.2. The number of fused-ring (bicyclic) bond motifs is 6. The zero-order chi connectivity index (χ0) is 37.5. The van der Waals surface area contributed by atoms with Crippen LogP contribution in [0, 0.1) is 0 Å². The van der Waals surface area contributed by atoms with Crippen LogP contribution in [0.4, 0.5) is 0 Å². The molecule has 2 unspecified atom stereocenters. The first-order valence-electron chi connectivity index (χ1n) is 18.8. The fraction of sp³-hybridized carbons (Fsp3) is 0.0400. The van der Waals surface area contributed by atoms with Gasteiger partial charge in [-0.05, 0) is 94.5 Å². The van der Waals surface area contributed by atoms with E-state index in [0.717, 1.165) is 61.4 Å². The maximum atomic E-state index is 7.30. The van der Waals surface area contributed by atoms with E-state index in [1.807, 2.05) is 77.5 Å². The summed E-state index contributed by atoms with van der Waals surface area (Å²) in [6.07, 6.45) is 10.3. The van der Waals surface area contributed by atoms with Crippen molar-refractivity contribution in [3.8, 4) is 27.3 Å². The molecule has 0 amide bonds. The van der Waals surface area contributed by atoms with Gasteiger partial charge >= 0.3 is 0 Å². The second-order valence-electron chi connectivity index (χ2n) is 14.3. The first-order chi connectivity index (χ1) is 28.2. The molecule has 9 aromatic rings. The zero-order valence-electron chi connectivity index (χ0n) is 30.2. The summed E-state index contributed by atoms with van der Waals surface area (Å²) in [5.41, 5.74) is 6.18. The maximum absolute atomic E-state index is 7.30. The van der Waals surface area contributed by atoms with E-state index in [1.165, 1.54) is 45.3 Å². The summed E-state index contributed by atoms with van der Waals surface area (Å²) in [4.78, 5) is 6.15. The number of furan rings is 2. The molecular formula is C50H30O4S3. The van der Waals surface area contributed by atoms with Gasteiger partial charge in [-0.25, -0.2) is 0 Å². The molecule has 12 rings (SSSR count). The summed E-state index contributed by atoms with van der Waals surface area (Å²) in [5.74, 6) is 2.22. The third-order valence-electron chi connectivity index (χ3n) is 11.0. The van der Waals surface area contributed by atoms with Crippen LogP contribution in [0.5, 0.6) is 5.75 Å². The largest absolute Gasteiger partial charge is 0.489 e. The normalized spacial score (nSPS) is 17.1. The van der Waals surface area contributed by atoms with Crippen LogP contribution < -0.4 is 4.74 Å². The Morgan fingerprint density at radius 3 is 2.23 bits per heavy atom. The fourth-order valence-electron chi connectivity index (χ4n) is 8.44. The van der Waals surface area contributed by atoms with Gasteiger partial charge in [-0.15, -0.1) is 11.3 Å². The SMILES string of the molecule is C1=COC(C2=C(c3ccco3)c3c(ccc(-c4cc5cc6ccccc6cc5s4)c3-c3cccc4c3Sc3ccccc3S4)OC2c2occ3ccccc23)C=C1. The van der Waals surface area contributed by atoms with Gasteiger partial charge < -0.3 is 18.3 Å². The topological polar surface area (TPSA) is 44.7 Å². The van der Waals surface area contributed by atoms with Gasteiger partial charge in [0.05, 0.1) is 18.8 Å². The molecule has 0 N–H and O–H groups in total. The van der Waals surface area contributed by atoms with E-state index in [-0.39, 0.29) is 0 Å². The molecule has 0 saturated carbocycles. The lowest BCUT2D eigenvalue weighted by molar-refractivity contribution is 0.148. The number of thiophene rings is 1. The first kappa shape index (κ1) is 33.1. The molecule has 272 valence electrons. The van der Waals surface area contributed by atoms with Crippen molar-refractivity contribution in [1.29, 1.82) is 0 Å². The van der Waals surface area contributed by atoms with Gasteiger partial charge in [0.25, 0.3) is 0 Å². The van der Waals surface area contributed by atoms with Crippen molar-refractivity contribution in [2.24, 2.45) is 0 Å². The van der Waals surface area contributed by atoms with Gasteiger partial charge in [0.15, 0.2) is 11.9 Å². The molecule has 3 aromatic heterocycles. The molecule has 3 aliphatic rings. The van der Waals surface area contributed by atoms with Crippen molar-refractivity contribution in [2.75, 3.05) is 0 Å². The van der Waals surface area contributed by atoms with Crippen LogP contribution in [-0.2, 0) is 4.74 Å². The Balaban J connectivity index is 1.18.